The van der Waals surface area contributed by atoms with Crippen LogP contribution in [0.15, 0.2) is 18.2 Å². The van der Waals surface area contributed by atoms with E-state index in [2.05, 4.69) is 12.2 Å². The van der Waals surface area contributed by atoms with E-state index >= 15 is 0 Å². The zero-order valence-corrected chi connectivity index (χ0v) is 16.9. The van der Waals surface area contributed by atoms with E-state index in [9.17, 15) is 14.9 Å². The fourth-order valence-electron chi connectivity index (χ4n) is 4.73. The Morgan fingerprint density at radius 3 is 2.55 bits per heavy atom. The number of piperidine rings is 1. The highest BCUT2D eigenvalue weighted by molar-refractivity contribution is 5.96. The van der Waals surface area contributed by atoms with E-state index in [4.69, 9.17) is 9.47 Å². The average Bonchev–Trinajstić information content (AvgIpc) is 3.18. The van der Waals surface area contributed by atoms with Crippen LogP contribution in [0, 0.1) is 16.0 Å². The Kier molecular flexibility index (Phi) is 5.74. The Morgan fingerprint density at radius 2 is 1.90 bits per heavy atom. The highest BCUT2D eigenvalue weighted by Gasteiger charge is 2.40. The molecule has 2 aliphatic heterocycles. The maximum atomic E-state index is 12.7. The smallest absolute Gasteiger partial charge is 0.293 e. The van der Waals surface area contributed by atoms with E-state index in [-0.39, 0.29) is 17.6 Å². The third-order valence-electron chi connectivity index (χ3n) is 6.54. The molecular formula is C21H29N3O5. The van der Waals surface area contributed by atoms with Gasteiger partial charge < -0.3 is 19.7 Å². The van der Waals surface area contributed by atoms with Crippen molar-refractivity contribution in [1.29, 1.82) is 0 Å². The predicted molar refractivity (Wildman–Crippen MR) is 108 cm³/mol. The number of carbonyl (C=O) groups excluding carboxylic acids is 1. The molecule has 2 atom stereocenters. The Morgan fingerprint density at radius 1 is 1.21 bits per heavy atom. The van der Waals surface area contributed by atoms with Gasteiger partial charge in [0.2, 0.25) is 0 Å². The van der Waals surface area contributed by atoms with Gasteiger partial charge in [-0.25, -0.2) is 0 Å². The average molecular weight is 403 g/mol. The van der Waals surface area contributed by atoms with Crippen LogP contribution in [-0.4, -0.2) is 49.0 Å². The quantitative estimate of drug-likeness (QED) is 0.613. The fourth-order valence-corrected chi connectivity index (χ4v) is 4.73. The summed E-state index contributed by atoms with van der Waals surface area (Å²) in [6.07, 6.45) is 5.72. The molecule has 1 amide bonds. The first kappa shape index (κ1) is 20.1. The number of nitro benzene ring substituents is 1. The number of nitrogens with one attached hydrogen (secondary N) is 1. The first-order chi connectivity index (χ1) is 14.0. The van der Waals surface area contributed by atoms with Gasteiger partial charge in [-0.05, 0) is 30.9 Å². The minimum Gasteiger partial charge on any atom is -0.366 e. The lowest BCUT2D eigenvalue weighted by Gasteiger charge is -2.38. The van der Waals surface area contributed by atoms with Gasteiger partial charge in [-0.3, -0.25) is 14.9 Å². The Balaban J connectivity index is 1.48. The van der Waals surface area contributed by atoms with Gasteiger partial charge in [0.25, 0.3) is 11.6 Å². The lowest BCUT2D eigenvalue weighted by Crippen LogP contribution is -2.45. The first-order valence-electron chi connectivity index (χ1n) is 10.6. The summed E-state index contributed by atoms with van der Waals surface area (Å²) >= 11 is 0. The third kappa shape index (κ3) is 4.23. The zero-order chi connectivity index (χ0) is 20.4. The van der Waals surface area contributed by atoms with Crippen LogP contribution in [0.2, 0.25) is 0 Å². The van der Waals surface area contributed by atoms with Crippen LogP contribution >= 0.6 is 0 Å². The van der Waals surface area contributed by atoms with Crippen LogP contribution in [-0.2, 0) is 9.47 Å². The molecule has 4 rings (SSSR count). The molecule has 8 heteroatoms. The molecule has 2 heterocycles. The molecule has 29 heavy (non-hydrogen) atoms. The molecule has 0 radical (unpaired) electrons. The van der Waals surface area contributed by atoms with E-state index in [1.54, 1.807) is 12.1 Å². The van der Waals surface area contributed by atoms with Crippen molar-refractivity contribution in [2.45, 2.75) is 57.3 Å². The van der Waals surface area contributed by atoms with Gasteiger partial charge in [0, 0.05) is 43.6 Å². The maximum Gasteiger partial charge on any atom is 0.293 e. The molecule has 0 bridgehead atoms. The molecule has 1 aromatic rings. The normalized spacial score (nSPS) is 26.4. The van der Waals surface area contributed by atoms with Crippen molar-refractivity contribution >= 4 is 17.3 Å². The van der Waals surface area contributed by atoms with E-state index in [0.29, 0.717) is 56.3 Å². The van der Waals surface area contributed by atoms with Crippen molar-refractivity contribution in [3.63, 3.8) is 0 Å². The number of nitrogens with zero attached hydrogens (tertiary/aromatic N) is 2. The molecular weight excluding hydrogens is 374 g/mol. The number of nitro groups is 1. The maximum absolute atomic E-state index is 12.7. The number of anilines is 1. The number of carbonyl (C=O) groups is 1. The van der Waals surface area contributed by atoms with E-state index in [1.807, 2.05) is 4.90 Å². The van der Waals surface area contributed by atoms with Gasteiger partial charge in [-0.2, -0.15) is 0 Å². The van der Waals surface area contributed by atoms with Crippen molar-refractivity contribution < 1.29 is 19.2 Å². The number of benzene rings is 1. The summed E-state index contributed by atoms with van der Waals surface area (Å²) in [6.45, 7) is 4.58. The standard InChI is InChI=1S/C21H29N3O5/c1-15-4-2-3-5-17(15)22-20(25)16-6-7-18(19(14-16)24(26)27)23-10-8-21(9-11-23)28-12-13-29-21/h6-7,14-15,17H,2-5,8-13H2,1H3,(H,22,25)/t15-,17-/m0/s1. The topological polar surface area (TPSA) is 93.9 Å². The SMILES string of the molecule is C[C@H]1CCCC[C@@H]1NC(=O)c1ccc(N2CCC3(CC2)OCCO3)c([N+](=O)[O-])c1. The third-order valence-corrected chi connectivity index (χ3v) is 6.54. The zero-order valence-electron chi connectivity index (χ0n) is 16.9. The molecule has 0 unspecified atom stereocenters. The number of hydrogen-bond acceptors (Lipinski definition) is 6. The largest absolute Gasteiger partial charge is 0.366 e. The summed E-state index contributed by atoms with van der Waals surface area (Å²) in [7, 11) is 0. The van der Waals surface area contributed by atoms with Gasteiger partial charge in [0.15, 0.2) is 5.79 Å². The molecule has 2 saturated heterocycles. The van der Waals surface area contributed by atoms with Gasteiger partial charge in [0.05, 0.1) is 18.1 Å². The molecule has 1 aromatic carbocycles. The van der Waals surface area contributed by atoms with Crippen LogP contribution in [0.3, 0.4) is 0 Å². The second kappa shape index (κ2) is 8.28. The lowest BCUT2D eigenvalue weighted by molar-refractivity contribution is -0.384. The van der Waals surface area contributed by atoms with Gasteiger partial charge in [-0.1, -0.05) is 19.8 Å². The van der Waals surface area contributed by atoms with Crippen LogP contribution in [0.25, 0.3) is 0 Å². The first-order valence-corrected chi connectivity index (χ1v) is 10.6. The van der Waals surface area contributed by atoms with Crippen LogP contribution < -0.4 is 10.2 Å². The van der Waals surface area contributed by atoms with Crippen molar-refractivity contribution in [1.82, 2.24) is 5.32 Å². The second-order valence-corrected chi connectivity index (χ2v) is 8.40. The van der Waals surface area contributed by atoms with Crippen LogP contribution in [0.5, 0.6) is 0 Å². The molecule has 0 aromatic heterocycles. The Hall–Kier alpha value is -2.19. The summed E-state index contributed by atoms with van der Waals surface area (Å²) in [5, 5.41) is 14.8. The second-order valence-electron chi connectivity index (χ2n) is 8.40. The predicted octanol–water partition coefficient (Wildman–Crippen LogP) is 3.25. The highest BCUT2D eigenvalue weighted by Crippen LogP contribution is 2.37. The number of rotatable bonds is 4. The van der Waals surface area contributed by atoms with Crippen LogP contribution in [0.4, 0.5) is 11.4 Å². The minimum absolute atomic E-state index is 0.0291. The summed E-state index contributed by atoms with van der Waals surface area (Å²) < 4.78 is 11.5. The van der Waals surface area contributed by atoms with Gasteiger partial charge >= 0.3 is 0 Å². The molecule has 3 fully saturated rings. The summed E-state index contributed by atoms with van der Waals surface area (Å²) in [6, 6.07) is 4.94. The molecule has 3 aliphatic rings. The summed E-state index contributed by atoms with van der Waals surface area (Å²) in [4.78, 5) is 26.0. The Bertz CT molecular complexity index is 768. The molecule has 1 saturated carbocycles. The molecule has 8 nitrogen and oxygen atoms in total. The number of hydrogen-bond donors (Lipinski definition) is 1. The lowest BCUT2D eigenvalue weighted by atomic mass is 9.86. The molecule has 1 N–H and O–H groups in total. The minimum atomic E-state index is -0.526. The summed E-state index contributed by atoms with van der Waals surface area (Å²) in [5.74, 6) is -0.326. The van der Waals surface area contributed by atoms with E-state index in [0.717, 1.165) is 19.3 Å². The van der Waals surface area contributed by atoms with Crippen molar-refractivity contribution in [3.8, 4) is 0 Å². The van der Waals surface area contributed by atoms with Gasteiger partial charge in [-0.15, -0.1) is 0 Å². The van der Waals surface area contributed by atoms with Crippen molar-refractivity contribution in [2.75, 3.05) is 31.2 Å². The Labute approximate surface area is 170 Å². The number of ether oxygens (including phenoxy) is 2. The number of amides is 1. The highest BCUT2D eigenvalue weighted by atomic mass is 16.7. The van der Waals surface area contributed by atoms with E-state index < -0.39 is 10.7 Å². The van der Waals surface area contributed by atoms with Crippen molar-refractivity contribution in [2.24, 2.45) is 5.92 Å². The van der Waals surface area contributed by atoms with Crippen molar-refractivity contribution in [3.05, 3.63) is 33.9 Å². The fraction of sp³-hybridized carbons (Fsp3) is 0.667. The molecule has 158 valence electrons. The monoisotopic (exact) mass is 403 g/mol. The van der Waals surface area contributed by atoms with Crippen LogP contribution in [0.1, 0.15) is 55.8 Å². The van der Waals surface area contributed by atoms with E-state index in [1.165, 1.54) is 12.5 Å². The molecule has 1 spiro atoms. The van der Waals surface area contributed by atoms with Gasteiger partial charge in [0.1, 0.15) is 5.69 Å². The molecule has 1 aliphatic carbocycles. The summed E-state index contributed by atoms with van der Waals surface area (Å²) in [5.41, 5.74) is 0.859.